The summed E-state index contributed by atoms with van der Waals surface area (Å²) in [6.07, 6.45) is 3.87. The van der Waals surface area contributed by atoms with Crippen LogP contribution in [-0.2, 0) is 6.42 Å². The van der Waals surface area contributed by atoms with Crippen molar-refractivity contribution in [2.75, 3.05) is 0 Å². The van der Waals surface area contributed by atoms with Crippen molar-refractivity contribution < 1.29 is 19.6 Å². The molecule has 0 aliphatic carbocycles. The number of nitrogens with zero attached hydrogens (tertiary/aromatic N) is 4. The van der Waals surface area contributed by atoms with Crippen LogP contribution in [0.5, 0.6) is 0 Å². The van der Waals surface area contributed by atoms with Crippen molar-refractivity contribution in [1.29, 1.82) is 0 Å². The Morgan fingerprint density at radius 3 is 2.59 bits per heavy atom. The van der Waals surface area contributed by atoms with E-state index in [0.29, 0.717) is 39.7 Å². The van der Waals surface area contributed by atoms with Gasteiger partial charge in [0.2, 0.25) is 0 Å². The van der Waals surface area contributed by atoms with Crippen molar-refractivity contribution in [3.05, 3.63) is 110 Å². The minimum Gasteiger partial charge on any atom is -0.477 e. The minimum absolute atomic E-state index is 0.188. The molecule has 0 aliphatic heterocycles. The Morgan fingerprint density at radius 2 is 1.87 bits per heavy atom. The number of aromatic nitrogens is 3. The van der Waals surface area contributed by atoms with Gasteiger partial charge in [-0.05, 0) is 55.8 Å². The number of unbranched alkanes of at least 4 members (excludes halogenated alkanes) is 1. The predicted molar refractivity (Wildman–Crippen MR) is 146 cm³/mol. The van der Waals surface area contributed by atoms with Gasteiger partial charge in [0.25, 0.3) is 17.2 Å². The summed E-state index contributed by atoms with van der Waals surface area (Å²) in [6, 6.07) is 16.0. The Labute approximate surface area is 221 Å². The van der Waals surface area contributed by atoms with E-state index in [1.165, 1.54) is 22.9 Å². The van der Waals surface area contributed by atoms with E-state index >= 15 is 0 Å². The first-order valence-corrected chi connectivity index (χ1v) is 12.4. The molecule has 0 bridgehead atoms. The van der Waals surface area contributed by atoms with E-state index < -0.39 is 28.1 Å². The Balaban J connectivity index is 1.65. The van der Waals surface area contributed by atoms with E-state index in [2.05, 4.69) is 6.92 Å². The molecule has 3 aromatic carbocycles. The molecule has 0 amide bonds. The first kappa shape index (κ1) is 25.5. The second kappa shape index (κ2) is 9.97. The highest BCUT2D eigenvalue weighted by Gasteiger charge is 2.28. The van der Waals surface area contributed by atoms with Crippen LogP contribution in [0.3, 0.4) is 0 Å². The topological polar surface area (TPSA) is 137 Å². The molecule has 0 unspecified atom stereocenters. The number of benzene rings is 3. The zero-order valence-electron chi connectivity index (χ0n) is 21.2. The van der Waals surface area contributed by atoms with Crippen LogP contribution >= 0.6 is 0 Å². The van der Waals surface area contributed by atoms with E-state index in [0.717, 1.165) is 24.5 Å². The average molecular weight is 525 g/mol. The number of nitro benzene ring substituents is 1. The van der Waals surface area contributed by atoms with E-state index in [9.17, 15) is 29.6 Å². The highest BCUT2D eigenvalue weighted by molar-refractivity contribution is 6.10. The molecular weight excluding hydrogens is 500 g/mol. The molecule has 0 saturated carbocycles. The summed E-state index contributed by atoms with van der Waals surface area (Å²) in [6.45, 7) is 3.98. The smallest absolute Gasteiger partial charge is 0.343 e. The monoisotopic (exact) mass is 524 g/mol. The van der Waals surface area contributed by atoms with E-state index in [1.54, 1.807) is 28.8 Å². The third-order valence-corrected chi connectivity index (χ3v) is 6.68. The lowest BCUT2D eigenvalue weighted by Gasteiger charge is -2.14. The van der Waals surface area contributed by atoms with Crippen molar-refractivity contribution >= 4 is 39.4 Å². The van der Waals surface area contributed by atoms with Crippen molar-refractivity contribution in [3.63, 3.8) is 0 Å². The summed E-state index contributed by atoms with van der Waals surface area (Å²) in [7, 11) is 0. The van der Waals surface area contributed by atoms with Gasteiger partial charge in [-0.3, -0.25) is 28.8 Å². The fourth-order valence-corrected chi connectivity index (χ4v) is 4.79. The lowest BCUT2D eigenvalue weighted by atomic mass is 10.0. The van der Waals surface area contributed by atoms with Gasteiger partial charge >= 0.3 is 5.97 Å². The number of hydrogen-bond donors (Lipinski definition) is 1. The van der Waals surface area contributed by atoms with Crippen molar-refractivity contribution in [3.8, 4) is 5.69 Å². The summed E-state index contributed by atoms with van der Waals surface area (Å²) in [5.41, 5.74) is 0.804. The number of carboxylic acid groups (broad SMARTS) is 1. The van der Waals surface area contributed by atoms with Crippen LogP contribution in [0.4, 0.5) is 5.69 Å². The van der Waals surface area contributed by atoms with E-state index in [1.807, 2.05) is 25.1 Å². The SMILES string of the molecule is CCCCc1nc2ccc(C)cc2c(=O)n1-c1ccc2c(ccn2C(=O)c2cccc([N+](=O)[O-])c2C(=O)O)c1. The van der Waals surface area contributed by atoms with Gasteiger partial charge in [-0.25, -0.2) is 9.78 Å². The number of rotatable bonds is 7. The first-order chi connectivity index (χ1) is 18.7. The number of nitro groups is 1. The number of aromatic carboxylic acids is 1. The molecule has 1 N–H and O–H groups in total. The van der Waals surface area contributed by atoms with Gasteiger partial charge < -0.3 is 5.11 Å². The summed E-state index contributed by atoms with van der Waals surface area (Å²) in [5, 5.41) is 22.1. The summed E-state index contributed by atoms with van der Waals surface area (Å²) in [5.74, 6) is -1.65. The van der Waals surface area contributed by atoms with Crippen molar-refractivity contribution in [1.82, 2.24) is 14.1 Å². The number of carboxylic acids is 1. The normalized spacial score (nSPS) is 11.2. The van der Waals surface area contributed by atoms with Crippen LogP contribution in [0.15, 0.2) is 71.7 Å². The predicted octanol–water partition coefficient (Wildman–Crippen LogP) is 5.29. The molecule has 39 heavy (non-hydrogen) atoms. The molecule has 0 atom stereocenters. The van der Waals surface area contributed by atoms with Crippen LogP contribution < -0.4 is 5.56 Å². The molecule has 5 rings (SSSR count). The molecule has 0 radical (unpaired) electrons. The lowest BCUT2D eigenvalue weighted by Crippen LogP contribution is -2.24. The molecule has 2 heterocycles. The average Bonchev–Trinajstić information content (AvgIpc) is 3.34. The Hall–Kier alpha value is -5.12. The van der Waals surface area contributed by atoms with Gasteiger partial charge in [0, 0.05) is 24.1 Å². The molecule has 0 saturated heterocycles. The van der Waals surface area contributed by atoms with Gasteiger partial charge in [0.05, 0.1) is 32.6 Å². The maximum absolute atomic E-state index is 13.6. The number of carbonyl (C=O) groups excluding carboxylic acids is 1. The van der Waals surface area contributed by atoms with Gasteiger partial charge in [0.1, 0.15) is 11.4 Å². The molecule has 5 aromatic rings. The Morgan fingerprint density at radius 1 is 1.08 bits per heavy atom. The zero-order valence-corrected chi connectivity index (χ0v) is 21.2. The second-order valence-electron chi connectivity index (χ2n) is 9.29. The van der Waals surface area contributed by atoms with Gasteiger partial charge in [-0.15, -0.1) is 0 Å². The van der Waals surface area contributed by atoms with E-state index in [-0.39, 0.29) is 11.1 Å². The van der Waals surface area contributed by atoms with Crippen LogP contribution in [0.1, 0.15) is 51.9 Å². The van der Waals surface area contributed by atoms with Crippen LogP contribution in [-0.4, -0.2) is 36.0 Å². The second-order valence-corrected chi connectivity index (χ2v) is 9.29. The molecule has 196 valence electrons. The fraction of sp³-hybridized carbons (Fsp3) is 0.172. The number of carbonyl (C=O) groups is 2. The standard InChI is InChI=1S/C29H24N4O6/c1-3-4-8-25-30-22-11-9-17(2)15-21(22)28(35)32(25)19-10-12-23-18(16-19)13-14-31(23)27(34)20-6-5-7-24(33(38)39)26(20)29(36)37/h5-7,9-16H,3-4,8H2,1-2H3,(H,36,37). The van der Waals surface area contributed by atoms with Gasteiger partial charge in [-0.2, -0.15) is 0 Å². The molecule has 0 spiro atoms. The lowest BCUT2D eigenvalue weighted by molar-refractivity contribution is -0.385. The van der Waals surface area contributed by atoms with Crippen LogP contribution in [0, 0.1) is 17.0 Å². The largest absolute Gasteiger partial charge is 0.477 e. The molecule has 2 aromatic heterocycles. The van der Waals surface area contributed by atoms with Gasteiger partial charge in [0.15, 0.2) is 0 Å². The summed E-state index contributed by atoms with van der Waals surface area (Å²) >= 11 is 0. The third-order valence-electron chi connectivity index (χ3n) is 6.68. The fourth-order valence-electron chi connectivity index (χ4n) is 4.79. The molecule has 0 fully saturated rings. The number of fused-ring (bicyclic) bond motifs is 2. The number of hydrogen-bond acceptors (Lipinski definition) is 6. The zero-order chi connectivity index (χ0) is 27.8. The number of aryl methyl sites for hydroxylation is 2. The van der Waals surface area contributed by atoms with Crippen molar-refractivity contribution in [2.45, 2.75) is 33.1 Å². The van der Waals surface area contributed by atoms with Crippen LogP contribution in [0.25, 0.3) is 27.5 Å². The maximum atomic E-state index is 13.6. The Kier molecular flexibility index (Phi) is 6.53. The quantitative estimate of drug-likeness (QED) is 0.226. The molecule has 10 heteroatoms. The summed E-state index contributed by atoms with van der Waals surface area (Å²) < 4.78 is 2.84. The molecule has 0 aliphatic rings. The van der Waals surface area contributed by atoms with Crippen molar-refractivity contribution in [2.24, 2.45) is 0 Å². The molecule has 10 nitrogen and oxygen atoms in total. The summed E-state index contributed by atoms with van der Waals surface area (Å²) in [4.78, 5) is 54.2. The maximum Gasteiger partial charge on any atom is 0.343 e. The third kappa shape index (κ3) is 4.46. The highest BCUT2D eigenvalue weighted by atomic mass is 16.6. The van der Waals surface area contributed by atoms with E-state index in [4.69, 9.17) is 4.98 Å². The first-order valence-electron chi connectivity index (χ1n) is 12.4. The van der Waals surface area contributed by atoms with Gasteiger partial charge in [-0.1, -0.05) is 31.0 Å². The Bertz CT molecular complexity index is 1870. The van der Waals surface area contributed by atoms with Crippen LogP contribution in [0.2, 0.25) is 0 Å². The minimum atomic E-state index is -1.57. The highest BCUT2D eigenvalue weighted by Crippen LogP contribution is 2.26. The molecular formula is C29H24N4O6.